The molecular formula is C12H17N5S. The quantitative estimate of drug-likeness (QED) is 0.473. The van der Waals surface area contributed by atoms with Crippen LogP contribution in [-0.4, -0.2) is 35.2 Å². The Morgan fingerprint density at radius 1 is 1.33 bits per heavy atom. The Hall–Kier alpha value is -1.66. The topological polar surface area (TPSA) is 64.8 Å². The van der Waals surface area contributed by atoms with Gasteiger partial charge in [0, 0.05) is 20.1 Å². The molecule has 0 atom stereocenters. The van der Waals surface area contributed by atoms with Gasteiger partial charge in [-0.05, 0) is 24.4 Å². The van der Waals surface area contributed by atoms with Crippen LogP contribution >= 0.6 is 12.2 Å². The van der Waals surface area contributed by atoms with Crippen molar-refractivity contribution >= 4 is 28.4 Å². The lowest BCUT2D eigenvalue weighted by molar-refractivity contribution is 0.653. The van der Waals surface area contributed by atoms with Crippen molar-refractivity contribution in [3.05, 3.63) is 30.1 Å². The van der Waals surface area contributed by atoms with Gasteiger partial charge in [0.1, 0.15) is 5.82 Å². The lowest BCUT2D eigenvalue weighted by Gasteiger charge is -2.06. The Balaban J connectivity index is 1.75. The van der Waals surface area contributed by atoms with Crippen molar-refractivity contribution in [1.82, 2.24) is 25.9 Å². The maximum atomic E-state index is 4.97. The van der Waals surface area contributed by atoms with Crippen LogP contribution in [0.5, 0.6) is 0 Å². The number of rotatable bonds is 5. The van der Waals surface area contributed by atoms with Gasteiger partial charge >= 0.3 is 0 Å². The van der Waals surface area contributed by atoms with Crippen LogP contribution in [0.2, 0.25) is 0 Å². The highest BCUT2D eigenvalue weighted by Crippen LogP contribution is 2.09. The standard InChI is InChI=1S/C12H17N5S/c1-13-12(18)15-7-6-14-8-11-16-9-4-2-3-5-10(9)17-11/h2-5,14H,6-8H2,1H3,(H,16,17)(H2,13,15,18). The van der Waals surface area contributed by atoms with E-state index in [1.165, 1.54) is 0 Å². The zero-order valence-corrected chi connectivity index (χ0v) is 11.1. The molecule has 0 aliphatic heterocycles. The molecule has 2 rings (SSSR count). The molecule has 0 amide bonds. The fraction of sp³-hybridized carbons (Fsp3) is 0.333. The monoisotopic (exact) mass is 263 g/mol. The summed E-state index contributed by atoms with van der Waals surface area (Å²) in [5.74, 6) is 0.951. The van der Waals surface area contributed by atoms with Crippen LogP contribution in [0, 0.1) is 0 Å². The third-order valence-electron chi connectivity index (χ3n) is 2.55. The first kappa shape index (κ1) is 12.8. The number of benzene rings is 1. The molecule has 0 saturated heterocycles. The SMILES string of the molecule is CNC(=S)NCCNCc1nc2ccccc2[nH]1. The van der Waals surface area contributed by atoms with Crippen LogP contribution in [0.15, 0.2) is 24.3 Å². The van der Waals surface area contributed by atoms with Crippen LogP contribution < -0.4 is 16.0 Å². The lowest BCUT2D eigenvalue weighted by Crippen LogP contribution is -2.37. The van der Waals surface area contributed by atoms with Gasteiger partial charge in [-0.1, -0.05) is 12.1 Å². The molecular weight excluding hydrogens is 246 g/mol. The van der Waals surface area contributed by atoms with E-state index >= 15 is 0 Å². The molecule has 0 spiro atoms. The lowest BCUT2D eigenvalue weighted by atomic mass is 10.3. The summed E-state index contributed by atoms with van der Waals surface area (Å²) in [4.78, 5) is 7.76. The molecule has 0 aliphatic carbocycles. The summed E-state index contributed by atoms with van der Waals surface area (Å²) >= 11 is 4.97. The van der Waals surface area contributed by atoms with Gasteiger partial charge in [-0.25, -0.2) is 4.98 Å². The number of para-hydroxylation sites is 2. The molecule has 96 valence electrons. The predicted molar refractivity (Wildman–Crippen MR) is 77.5 cm³/mol. The molecule has 0 aliphatic rings. The highest BCUT2D eigenvalue weighted by atomic mass is 32.1. The Bertz CT molecular complexity index is 489. The third kappa shape index (κ3) is 3.41. The van der Waals surface area contributed by atoms with Gasteiger partial charge in [-0.2, -0.15) is 0 Å². The zero-order chi connectivity index (χ0) is 12.8. The average molecular weight is 263 g/mol. The summed E-state index contributed by atoms with van der Waals surface area (Å²) in [7, 11) is 1.80. The summed E-state index contributed by atoms with van der Waals surface area (Å²) < 4.78 is 0. The maximum absolute atomic E-state index is 4.97. The summed E-state index contributed by atoms with van der Waals surface area (Å²) in [6.45, 7) is 2.35. The molecule has 0 bridgehead atoms. The number of imidazole rings is 1. The summed E-state index contributed by atoms with van der Waals surface area (Å²) in [6.07, 6.45) is 0. The van der Waals surface area contributed by atoms with E-state index in [9.17, 15) is 0 Å². The third-order valence-corrected chi connectivity index (χ3v) is 2.89. The first-order valence-electron chi connectivity index (χ1n) is 5.89. The Morgan fingerprint density at radius 2 is 2.17 bits per heavy atom. The zero-order valence-electron chi connectivity index (χ0n) is 10.3. The van der Waals surface area contributed by atoms with Gasteiger partial charge in [-0.15, -0.1) is 0 Å². The second-order valence-corrected chi connectivity index (χ2v) is 4.29. The summed E-state index contributed by atoms with van der Waals surface area (Å²) in [6, 6.07) is 8.02. The molecule has 5 nitrogen and oxygen atoms in total. The van der Waals surface area contributed by atoms with E-state index in [1.54, 1.807) is 7.05 Å². The van der Waals surface area contributed by atoms with Crippen molar-refractivity contribution in [3.63, 3.8) is 0 Å². The van der Waals surface area contributed by atoms with Gasteiger partial charge in [0.2, 0.25) is 0 Å². The van der Waals surface area contributed by atoms with Crippen LogP contribution in [0.1, 0.15) is 5.82 Å². The van der Waals surface area contributed by atoms with Gasteiger partial charge in [0.05, 0.1) is 17.6 Å². The smallest absolute Gasteiger partial charge is 0.166 e. The molecule has 1 heterocycles. The van der Waals surface area contributed by atoms with Gasteiger partial charge in [-0.3, -0.25) is 0 Å². The fourth-order valence-corrected chi connectivity index (χ4v) is 1.75. The molecule has 0 radical (unpaired) electrons. The number of fused-ring (bicyclic) bond motifs is 1. The van der Waals surface area contributed by atoms with Crippen molar-refractivity contribution in [2.24, 2.45) is 0 Å². The minimum absolute atomic E-state index is 0.667. The first-order chi connectivity index (χ1) is 8.79. The van der Waals surface area contributed by atoms with Crippen molar-refractivity contribution in [1.29, 1.82) is 0 Å². The average Bonchev–Trinajstić information content (AvgIpc) is 2.80. The molecule has 0 unspecified atom stereocenters. The van der Waals surface area contributed by atoms with Crippen LogP contribution in [0.25, 0.3) is 11.0 Å². The Morgan fingerprint density at radius 3 is 2.94 bits per heavy atom. The summed E-state index contributed by atoms with van der Waals surface area (Å²) in [5.41, 5.74) is 2.08. The molecule has 4 N–H and O–H groups in total. The first-order valence-corrected chi connectivity index (χ1v) is 6.30. The number of hydrogen-bond donors (Lipinski definition) is 4. The van der Waals surface area contributed by atoms with Crippen molar-refractivity contribution < 1.29 is 0 Å². The minimum Gasteiger partial charge on any atom is -0.366 e. The molecule has 0 fully saturated rings. The molecule has 0 saturated carbocycles. The normalized spacial score (nSPS) is 10.5. The van der Waals surface area contributed by atoms with E-state index in [2.05, 4.69) is 25.9 Å². The number of thiocarbonyl (C=S) groups is 1. The number of nitrogens with one attached hydrogen (secondary N) is 4. The van der Waals surface area contributed by atoms with Crippen molar-refractivity contribution in [2.75, 3.05) is 20.1 Å². The van der Waals surface area contributed by atoms with E-state index in [0.717, 1.165) is 36.5 Å². The largest absolute Gasteiger partial charge is 0.366 e. The second kappa shape index (κ2) is 6.32. The number of aromatic nitrogens is 2. The minimum atomic E-state index is 0.667. The van der Waals surface area contributed by atoms with E-state index in [1.807, 2.05) is 24.3 Å². The van der Waals surface area contributed by atoms with E-state index in [0.29, 0.717) is 5.11 Å². The molecule has 1 aromatic heterocycles. The molecule has 2 aromatic rings. The second-order valence-electron chi connectivity index (χ2n) is 3.88. The van der Waals surface area contributed by atoms with Gasteiger partial charge in [0.15, 0.2) is 5.11 Å². The number of aromatic amines is 1. The highest BCUT2D eigenvalue weighted by Gasteiger charge is 2.00. The number of H-pyrrole nitrogens is 1. The van der Waals surface area contributed by atoms with Gasteiger partial charge < -0.3 is 20.9 Å². The Kier molecular flexibility index (Phi) is 4.49. The fourth-order valence-electron chi connectivity index (χ4n) is 1.65. The predicted octanol–water partition coefficient (Wildman–Crippen LogP) is 0.746. The van der Waals surface area contributed by atoms with Crippen LogP contribution in [0.4, 0.5) is 0 Å². The number of hydrogen-bond acceptors (Lipinski definition) is 3. The van der Waals surface area contributed by atoms with E-state index < -0.39 is 0 Å². The van der Waals surface area contributed by atoms with Gasteiger partial charge in [0.25, 0.3) is 0 Å². The maximum Gasteiger partial charge on any atom is 0.166 e. The van der Waals surface area contributed by atoms with Crippen LogP contribution in [0.3, 0.4) is 0 Å². The van der Waals surface area contributed by atoms with E-state index in [4.69, 9.17) is 12.2 Å². The molecule has 6 heteroatoms. The van der Waals surface area contributed by atoms with Crippen molar-refractivity contribution in [2.45, 2.75) is 6.54 Å². The molecule has 18 heavy (non-hydrogen) atoms. The van der Waals surface area contributed by atoms with Crippen LogP contribution in [-0.2, 0) is 6.54 Å². The Labute approximate surface area is 111 Å². The van der Waals surface area contributed by atoms with Crippen molar-refractivity contribution in [3.8, 4) is 0 Å². The highest BCUT2D eigenvalue weighted by molar-refractivity contribution is 7.80. The molecule has 1 aromatic carbocycles. The number of nitrogens with zero attached hydrogens (tertiary/aromatic N) is 1. The summed E-state index contributed by atoms with van der Waals surface area (Å²) in [5, 5.41) is 9.90. The van der Waals surface area contributed by atoms with E-state index in [-0.39, 0.29) is 0 Å².